The zero-order valence-electron chi connectivity index (χ0n) is 10.1. The van der Waals surface area contributed by atoms with Crippen LogP contribution < -0.4 is 5.32 Å². The van der Waals surface area contributed by atoms with E-state index in [0.29, 0.717) is 0 Å². The van der Waals surface area contributed by atoms with E-state index >= 15 is 0 Å². The molecular formula is C13H14FNO3. The number of para-hydroxylation sites is 1. The first-order valence-corrected chi connectivity index (χ1v) is 5.64. The van der Waals surface area contributed by atoms with E-state index in [2.05, 4.69) is 5.32 Å². The van der Waals surface area contributed by atoms with Gasteiger partial charge in [-0.1, -0.05) is 26.0 Å². The van der Waals surface area contributed by atoms with E-state index in [4.69, 9.17) is 5.11 Å². The lowest BCUT2D eigenvalue weighted by atomic mass is 10.1. The molecule has 1 saturated carbocycles. The van der Waals surface area contributed by atoms with Crippen LogP contribution in [0.5, 0.6) is 0 Å². The monoisotopic (exact) mass is 251 g/mol. The number of rotatable bonds is 3. The number of hydrogen-bond donors (Lipinski definition) is 2. The second kappa shape index (κ2) is 4.08. The normalized spacial score (nSPS) is 24.4. The van der Waals surface area contributed by atoms with E-state index in [0.717, 1.165) is 0 Å². The maximum atomic E-state index is 13.4. The van der Waals surface area contributed by atoms with Gasteiger partial charge in [-0.15, -0.1) is 0 Å². The third kappa shape index (κ3) is 1.96. The Morgan fingerprint density at radius 1 is 1.28 bits per heavy atom. The van der Waals surface area contributed by atoms with Gasteiger partial charge in [0, 0.05) is 0 Å². The van der Waals surface area contributed by atoms with Gasteiger partial charge in [0.25, 0.3) is 0 Å². The van der Waals surface area contributed by atoms with E-state index in [-0.39, 0.29) is 5.69 Å². The van der Waals surface area contributed by atoms with Crippen LogP contribution in [0.1, 0.15) is 13.8 Å². The lowest BCUT2D eigenvalue weighted by Gasteiger charge is -2.06. The average Bonchev–Trinajstić information content (AvgIpc) is 2.85. The molecule has 4 nitrogen and oxygen atoms in total. The molecule has 0 radical (unpaired) electrons. The highest BCUT2D eigenvalue weighted by Gasteiger charge is 2.65. The topological polar surface area (TPSA) is 66.4 Å². The van der Waals surface area contributed by atoms with Crippen molar-refractivity contribution < 1.29 is 19.1 Å². The number of benzene rings is 1. The van der Waals surface area contributed by atoms with Gasteiger partial charge >= 0.3 is 5.97 Å². The minimum atomic E-state index is -0.992. The molecule has 96 valence electrons. The van der Waals surface area contributed by atoms with Crippen LogP contribution >= 0.6 is 0 Å². The molecule has 18 heavy (non-hydrogen) atoms. The molecule has 0 spiro atoms. The predicted molar refractivity (Wildman–Crippen MR) is 63.4 cm³/mol. The number of carboxylic acids is 1. The highest BCUT2D eigenvalue weighted by atomic mass is 19.1. The fourth-order valence-electron chi connectivity index (χ4n) is 2.36. The Kier molecular flexibility index (Phi) is 2.84. The van der Waals surface area contributed by atoms with Crippen LogP contribution in [0.15, 0.2) is 24.3 Å². The Morgan fingerprint density at radius 2 is 1.89 bits per heavy atom. The van der Waals surface area contributed by atoms with Gasteiger partial charge in [0.05, 0.1) is 17.5 Å². The zero-order chi connectivity index (χ0) is 13.5. The van der Waals surface area contributed by atoms with Gasteiger partial charge in [-0.2, -0.15) is 0 Å². The van der Waals surface area contributed by atoms with Crippen molar-refractivity contribution in [3.63, 3.8) is 0 Å². The lowest BCUT2D eigenvalue weighted by Crippen LogP contribution is -2.18. The fourth-order valence-corrected chi connectivity index (χ4v) is 2.36. The molecule has 2 unspecified atom stereocenters. The van der Waals surface area contributed by atoms with Crippen molar-refractivity contribution in [2.45, 2.75) is 13.8 Å². The maximum Gasteiger partial charge on any atom is 0.307 e. The minimum absolute atomic E-state index is 0.0781. The largest absolute Gasteiger partial charge is 0.481 e. The van der Waals surface area contributed by atoms with Crippen molar-refractivity contribution in [2.24, 2.45) is 17.3 Å². The summed E-state index contributed by atoms with van der Waals surface area (Å²) in [6.07, 6.45) is 0. The molecule has 0 aliphatic heterocycles. The Bertz CT molecular complexity index is 513. The molecule has 0 bridgehead atoms. The van der Waals surface area contributed by atoms with Crippen molar-refractivity contribution in [1.29, 1.82) is 0 Å². The van der Waals surface area contributed by atoms with Gasteiger partial charge in [0.1, 0.15) is 5.82 Å². The highest BCUT2D eigenvalue weighted by Crippen LogP contribution is 2.58. The molecule has 1 aromatic carbocycles. The number of aliphatic carboxylic acids is 1. The smallest absolute Gasteiger partial charge is 0.307 e. The van der Waals surface area contributed by atoms with Crippen molar-refractivity contribution in [1.82, 2.24) is 0 Å². The number of anilines is 1. The summed E-state index contributed by atoms with van der Waals surface area (Å²) in [4.78, 5) is 22.9. The first-order chi connectivity index (χ1) is 8.35. The van der Waals surface area contributed by atoms with Crippen LogP contribution in [0.4, 0.5) is 10.1 Å². The van der Waals surface area contributed by atoms with Gasteiger partial charge in [0.15, 0.2) is 0 Å². The van der Waals surface area contributed by atoms with E-state index in [1.807, 2.05) is 0 Å². The molecule has 1 amide bonds. The van der Waals surface area contributed by atoms with E-state index in [1.165, 1.54) is 18.2 Å². The van der Waals surface area contributed by atoms with Gasteiger partial charge in [0.2, 0.25) is 5.91 Å². The zero-order valence-corrected chi connectivity index (χ0v) is 10.1. The quantitative estimate of drug-likeness (QED) is 0.864. The van der Waals surface area contributed by atoms with E-state index < -0.39 is 34.9 Å². The van der Waals surface area contributed by atoms with Gasteiger partial charge in [-0.05, 0) is 17.5 Å². The maximum absolute atomic E-state index is 13.4. The van der Waals surface area contributed by atoms with Crippen molar-refractivity contribution in [3.05, 3.63) is 30.1 Å². The van der Waals surface area contributed by atoms with Gasteiger partial charge in [-0.25, -0.2) is 4.39 Å². The number of carboxylic acid groups (broad SMARTS) is 1. The Hall–Kier alpha value is -1.91. The molecule has 0 heterocycles. The molecule has 0 aromatic heterocycles. The molecule has 1 aliphatic rings. The van der Waals surface area contributed by atoms with Crippen LogP contribution in [-0.2, 0) is 9.59 Å². The molecular weight excluding hydrogens is 237 g/mol. The number of halogens is 1. The summed E-state index contributed by atoms with van der Waals surface area (Å²) in [5.74, 6) is -3.29. The van der Waals surface area contributed by atoms with Gasteiger partial charge < -0.3 is 10.4 Å². The summed E-state index contributed by atoms with van der Waals surface area (Å²) >= 11 is 0. The average molecular weight is 251 g/mol. The van der Waals surface area contributed by atoms with Crippen molar-refractivity contribution in [3.8, 4) is 0 Å². The first kappa shape index (κ1) is 12.5. The molecule has 5 heteroatoms. The predicted octanol–water partition coefficient (Wildman–Crippen LogP) is 2.12. The molecule has 1 fully saturated rings. The molecule has 1 aromatic rings. The van der Waals surface area contributed by atoms with Crippen LogP contribution in [0.2, 0.25) is 0 Å². The molecule has 2 N–H and O–H groups in total. The number of carbonyl (C=O) groups is 2. The van der Waals surface area contributed by atoms with Crippen molar-refractivity contribution in [2.75, 3.05) is 5.32 Å². The molecule has 0 saturated heterocycles. The molecule has 2 rings (SSSR count). The number of hydrogen-bond acceptors (Lipinski definition) is 2. The van der Waals surface area contributed by atoms with Crippen molar-refractivity contribution >= 4 is 17.6 Å². The summed E-state index contributed by atoms with van der Waals surface area (Å²) < 4.78 is 13.4. The summed E-state index contributed by atoms with van der Waals surface area (Å²) in [6.45, 7) is 3.44. The van der Waals surface area contributed by atoms with E-state index in [9.17, 15) is 14.0 Å². The minimum Gasteiger partial charge on any atom is -0.481 e. The first-order valence-electron chi connectivity index (χ1n) is 5.64. The van der Waals surface area contributed by atoms with E-state index in [1.54, 1.807) is 19.9 Å². The third-order valence-electron chi connectivity index (χ3n) is 3.51. The summed E-state index contributed by atoms with van der Waals surface area (Å²) in [6, 6.07) is 5.80. The SMILES string of the molecule is CC1(C)C(C(=O)O)C1C(=O)Nc1ccccc1F. The van der Waals surface area contributed by atoms with Gasteiger partial charge in [-0.3, -0.25) is 9.59 Å². The molecule has 2 atom stereocenters. The summed E-state index contributed by atoms with van der Waals surface area (Å²) in [5, 5.41) is 11.4. The Labute approximate surface area is 104 Å². The molecule has 1 aliphatic carbocycles. The highest BCUT2D eigenvalue weighted by molar-refractivity contribution is 5.99. The Morgan fingerprint density at radius 3 is 2.39 bits per heavy atom. The number of amides is 1. The number of nitrogens with one attached hydrogen (secondary N) is 1. The van der Waals surface area contributed by atoms with Crippen LogP contribution in [-0.4, -0.2) is 17.0 Å². The fraction of sp³-hybridized carbons (Fsp3) is 0.385. The second-order valence-electron chi connectivity index (χ2n) is 5.08. The summed E-state index contributed by atoms with van der Waals surface area (Å²) in [5.41, 5.74) is -0.504. The summed E-state index contributed by atoms with van der Waals surface area (Å²) in [7, 11) is 0. The Balaban J connectivity index is 2.11. The lowest BCUT2D eigenvalue weighted by molar-refractivity contribution is -0.140. The van der Waals surface area contributed by atoms with Crippen LogP contribution in [0, 0.1) is 23.1 Å². The third-order valence-corrected chi connectivity index (χ3v) is 3.51. The van der Waals surface area contributed by atoms with Crippen LogP contribution in [0.25, 0.3) is 0 Å². The van der Waals surface area contributed by atoms with Crippen LogP contribution in [0.3, 0.4) is 0 Å². The second-order valence-corrected chi connectivity index (χ2v) is 5.08. The number of carbonyl (C=O) groups excluding carboxylic acids is 1. The standard InChI is InChI=1S/C13H14FNO3/c1-13(2)9(10(13)12(17)18)11(16)15-8-6-4-3-5-7(8)14/h3-6,9-10H,1-2H3,(H,15,16)(H,17,18).